The number of aliphatic hydroxyl groups excluding tert-OH is 1. The maximum atomic E-state index is 12.9. The second-order valence-corrected chi connectivity index (χ2v) is 8.15. The third-order valence-electron chi connectivity index (χ3n) is 4.53. The zero-order valence-corrected chi connectivity index (χ0v) is 19.7. The minimum Gasteiger partial charge on any atom is -0.479 e. The Morgan fingerprint density at radius 1 is 1.17 bits per heavy atom. The average molecular weight is 518 g/mol. The number of nitro benzene ring substituents is 1. The molecule has 0 aliphatic carbocycles. The Bertz CT molecular complexity index is 1090. The monoisotopic (exact) mass is 517 g/mol. The summed E-state index contributed by atoms with van der Waals surface area (Å²) in [5.41, 5.74) is -1.35. The van der Waals surface area contributed by atoms with Gasteiger partial charge in [-0.1, -0.05) is 25.4 Å². The van der Waals surface area contributed by atoms with Crippen molar-refractivity contribution in [2.24, 2.45) is 5.92 Å². The van der Waals surface area contributed by atoms with E-state index in [1.165, 1.54) is 25.1 Å². The summed E-state index contributed by atoms with van der Waals surface area (Å²) in [5.74, 6) is -1.24. The van der Waals surface area contributed by atoms with Crippen molar-refractivity contribution in [3.63, 3.8) is 0 Å². The highest BCUT2D eigenvalue weighted by molar-refractivity contribution is 6.32. The van der Waals surface area contributed by atoms with E-state index in [1.54, 1.807) is 13.8 Å². The Balaban J connectivity index is 2.31. The number of benzene rings is 2. The fraction of sp³-hybridized carbons (Fsp3) is 0.348. The van der Waals surface area contributed by atoms with Crippen molar-refractivity contribution in [2.75, 3.05) is 6.61 Å². The van der Waals surface area contributed by atoms with E-state index in [0.717, 1.165) is 24.3 Å². The van der Waals surface area contributed by atoms with Gasteiger partial charge in [-0.15, -0.1) is 0 Å². The van der Waals surface area contributed by atoms with Crippen molar-refractivity contribution in [2.45, 2.75) is 39.2 Å². The van der Waals surface area contributed by atoms with E-state index < -0.39 is 40.5 Å². The first kappa shape index (κ1) is 27.9. The fourth-order valence-corrected chi connectivity index (χ4v) is 2.90. The van der Waals surface area contributed by atoms with Crippen molar-refractivity contribution in [3.8, 4) is 17.2 Å². The molecule has 0 aromatic heterocycles. The van der Waals surface area contributed by atoms with Gasteiger partial charge in [-0.3, -0.25) is 10.1 Å². The maximum absolute atomic E-state index is 12.9. The van der Waals surface area contributed by atoms with Crippen molar-refractivity contribution in [1.82, 2.24) is 0 Å². The fourth-order valence-electron chi connectivity index (χ4n) is 2.68. The molecule has 0 bridgehead atoms. The Hall–Kier alpha value is -3.31. The number of alkyl halides is 3. The first-order chi connectivity index (χ1) is 16.3. The molecule has 0 radical (unpaired) electrons. The van der Waals surface area contributed by atoms with E-state index in [-0.39, 0.29) is 34.8 Å². The Kier molecular flexibility index (Phi) is 9.49. The molecule has 0 fully saturated rings. The summed E-state index contributed by atoms with van der Waals surface area (Å²) < 4.78 is 54.8. The second-order valence-electron chi connectivity index (χ2n) is 7.75. The lowest BCUT2D eigenvalue weighted by atomic mass is 10.1. The SMILES string of the molecule is CC(CO)OC(=O)C=CC(Oc1cc(Oc2ccc(C(F)(F)F)cc2Cl)ccc1[N+](=O)[O-])C(C)C. The van der Waals surface area contributed by atoms with Crippen LogP contribution in [0.3, 0.4) is 0 Å². The molecule has 0 aliphatic heterocycles. The van der Waals surface area contributed by atoms with Crippen molar-refractivity contribution in [1.29, 1.82) is 0 Å². The summed E-state index contributed by atoms with van der Waals surface area (Å²) in [4.78, 5) is 22.7. The van der Waals surface area contributed by atoms with Crippen LogP contribution in [0.5, 0.6) is 17.2 Å². The zero-order valence-electron chi connectivity index (χ0n) is 18.9. The lowest BCUT2D eigenvalue weighted by Crippen LogP contribution is -2.22. The van der Waals surface area contributed by atoms with Gasteiger partial charge < -0.3 is 19.3 Å². The minimum absolute atomic E-state index is 0.0231. The van der Waals surface area contributed by atoms with Crippen molar-refractivity contribution < 1.29 is 42.2 Å². The number of halogens is 4. The number of carbonyl (C=O) groups excluding carboxylic acids is 1. The van der Waals surface area contributed by atoms with Gasteiger partial charge in [0.25, 0.3) is 0 Å². The number of hydrogen-bond acceptors (Lipinski definition) is 7. The normalized spacial score (nSPS) is 13.5. The molecule has 0 saturated heterocycles. The van der Waals surface area contributed by atoms with E-state index in [2.05, 4.69) is 0 Å². The van der Waals surface area contributed by atoms with Gasteiger partial charge in [0.05, 0.1) is 22.1 Å². The Labute approximate surface area is 204 Å². The van der Waals surface area contributed by atoms with Crippen LogP contribution < -0.4 is 9.47 Å². The van der Waals surface area contributed by atoms with Crippen LogP contribution in [0.2, 0.25) is 5.02 Å². The third kappa shape index (κ3) is 8.15. The molecule has 2 unspecified atom stereocenters. The molecule has 2 aromatic rings. The zero-order chi connectivity index (χ0) is 26.3. The predicted molar refractivity (Wildman–Crippen MR) is 121 cm³/mol. The molecule has 35 heavy (non-hydrogen) atoms. The number of rotatable bonds is 10. The molecular formula is C23H23ClF3NO7. The minimum atomic E-state index is -4.58. The molecule has 0 saturated carbocycles. The quantitative estimate of drug-likeness (QED) is 0.180. The number of carbonyl (C=O) groups is 1. The molecular weight excluding hydrogens is 495 g/mol. The van der Waals surface area contributed by atoms with Crippen LogP contribution in [-0.2, 0) is 15.7 Å². The number of ether oxygens (including phenoxy) is 3. The van der Waals surface area contributed by atoms with Crippen LogP contribution >= 0.6 is 11.6 Å². The Morgan fingerprint density at radius 3 is 2.40 bits per heavy atom. The number of hydrogen-bond donors (Lipinski definition) is 1. The summed E-state index contributed by atoms with van der Waals surface area (Å²) in [5, 5.41) is 20.1. The molecule has 2 atom stereocenters. The molecule has 0 amide bonds. The number of nitrogens with zero attached hydrogens (tertiary/aromatic N) is 1. The summed E-state index contributed by atoms with van der Waals surface area (Å²) >= 11 is 5.92. The molecule has 1 N–H and O–H groups in total. The molecule has 2 rings (SSSR count). The van der Waals surface area contributed by atoms with Crippen LogP contribution in [0.25, 0.3) is 0 Å². The average Bonchev–Trinajstić information content (AvgIpc) is 2.76. The third-order valence-corrected chi connectivity index (χ3v) is 4.83. The number of aliphatic hydroxyl groups is 1. The van der Waals surface area contributed by atoms with Gasteiger partial charge in [0.15, 0.2) is 0 Å². The lowest BCUT2D eigenvalue weighted by Gasteiger charge is -2.20. The predicted octanol–water partition coefficient (Wildman–Crippen LogP) is 5.94. The van der Waals surface area contributed by atoms with Gasteiger partial charge in [0.1, 0.15) is 23.7 Å². The molecule has 0 aliphatic rings. The second kappa shape index (κ2) is 11.9. The molecule has 2 aromatic carbocycles. The van der Waals surface area contributed by atoms with E-state index in [4.69, 9.17) is 30.9 Å². The van der Waals surface area contributed by atoms with E-state index in [9.17, 15) is 28.1 Å². The standard InChI is InChI=1S/C23H23ClF3NO7/c1-13(2)19(8-9-22(30)33-14(3)12-29)35-21-11-16(5-6-18(21)28(31)32)34-20-7-4-15(10-17(20)24)23(25,26)27/h4-11,13-14,19,29H,12H2,1-3H3. The Morgan fingerprint density at radius 2 is 1.86 bits per heavy atom. The summed E-state index contributed by atoms with van der Waals surface area (Å²) in [7, 11) is 0. The van der Waals surface area contributed by atoms with E-state index >= 15 is 0 Å². The van der Waals surface area contributed by atoms with Crippen LogP contribution in [0.4, 0.5) is 18.9 Å². The van der Waals surface area contributed by atoms with Crippen LogP contribution in [0, 0.1) is 16.0 Å². The van der Waals surface area contributed by atoms with Gasteiger partial charge >= 0.3 is 17.8 Å². The highest BCUT2D eigenvalue weighted by atomic mass is 35.5. The van der Waals surface area contributed by atoms with E-state index in [0.29, 0.717) is 6.07 Å². The van der Waals surface area contributed by atoms with Crippen LogP contribution in [-0.4, -0.2) is 34.8 Å². The molecule has 190 valence electrons. The topological polar surface area (TPSA) is 108 Å². The molecule has 8 nitrogen and oxygen atoms in total. The van der Waals surface area contributed by atoms with Gasteiger partial charge in [-0.2, -0.15) is 13.2 Å². The van der Waals surface area contributed by atoms with Crippen LogP contribution in [0.1, 0.15) is 26.3 Å². The van der Waals surface area contributed by atoms with Crippen molar-refractivity contribution >= 4 is 23.3 Å². The largest absolute Gasteiger partial charge is 0.479 e. The molecule has 0 spiro atoms. The summed E-state index contributed by atoms with van der Waals surface area (Å²) in [6, 6.07) is 6.08. The van der Waals surface area contributed by atoms with Gasteiger partial charge in [0, 0.05) is 18.2 Å². The highest BCUT2D eigenvalue weighted by Gasteiger charge is 2.31. The first-order valence-corrected chi connectivity index (χ1v) is 10.7. The van der Waals surface area contributed by atoms with Crippen molar-refractivity contribution in [3.05, 3.63) is 69.3 Å². The first-order valence-electron chi connectivity index (χ1n) is 10.3. The summed E-state index contributed by atoms with van der Waals surface area (Å²) in [6.07, 6.45) is -3.64. The molecule has 0 heterocycles. The highest BCUT2D eigenvalue weighted by Crippen LogP contribution is 2.39. The van der Waals surface area contributed by atoms with E-state index in [1.807, 2.05) is 0 Å². The smallest absolute Gasteiger partial charge is 0.416 e. The van der Waals surface area contributed by atoms with Crippen LogP contribution in [0.15, 0.2) is 48.6 Å². The van der Waals surface area contributed by atoms with Gasteiger partial charge in [-0.05, 0) is 43.2 Å². The summed E-state index contributed by atoms with van der Waals surface area (Å²) in [6.45, 7) is 4.65. The van der Waals surface area contributed by atoms with Gasteiger partial charge in [-0.25, -0.2) is 4.79 Å². The number of esters is 1. The molecule has 12 heteroatoms. The maximum Gasteiger partial charge on any atom is 0.416 e. The van der Waals surface area contributed by atoms with Gasteiger partial charge in [0.2, 0.25) is 5.75 Å². The number of nitro groups is 1. The lowest BCUT2D eigenvalue weighted by molar-refractivity contribution is -0.386.